The van der Waals surface area contributed by atoms with Gasteiger partial charge in [0.1, 0.15) is 7.05 Å². The molecule has 0 unspecified atom stereocenters. The fourth-order valence-corrected chi connectivity index (χ4v) is 0.828. The number of hydrogen-bond donors (Lipinski definition) is 0. The number of nitrogens with zero attached hydrogens (tertiary/aromatic N) is 1. The van der Waals surface area contributed by atoms with Crippen LogP contribution in [-0.2, 0) is 7.05 Å². The zero-order chi connectivity index (χ0) is 11.4. The fraction of sp³-hybridized carbons (Fsp3) is 0.375. The van der Waals surface area contributed by atoms with Gasteiger partial charge < -0.3 is 0 Å². The minimum atomic E-state index is -4.94. The van der Waals surface area contributed by atoms with Crippen LogP contribution in [0.15, 0.2) is 18.2 Å². The van der Waals surface area contributed by atoms with Gasteiger partial charge in [-0.15, -0.1) is 10.2 Å². The van der Waals surface area contributed by atoms with Crippen LogP contribution in [0.25, 0.3) is 0 Å². The molecule has 0 bridgehead atoms. The normalized spacial score (nSPS) is 10.5. The van der Waals surface area contributed by atoms with Gasteiger partial charge in [0.25, 0.3) is 0 Å². The predicted octanol–water partition coefficient (Wildman–Crippen LogP) is -3.63. The van der Waals surface area contributed by atoms with Crippen LogP contribution < -0.4 is 23.2 Å². The predicted molar refractivity (Wildman–Crippen MR) is 37.1 cm³/mol. The molecule has 1 aromatic heterocycles. The molecule has 0 atom stereocenters. The fourth-order valence-electron chi connectivity index (χ4n) is 0.828. The second kappa shape index (κ2) is 5.23. The molecule has 0 N–H and O–H groups in total. The summed E-state index contributed by atoms with van der Waals surface area (Å²) in [6.07, 6.45) is 0. The number of rotatable bonds is 0. The van der Waals surface area contributed by atoms with Crippen molar-refractivity contribution in [3.8, 4) is 0 Å². The quantitative estimate of drug-likeness (QED) is 0.423. The highest BCUT2D eigenvalue weighted by Gasteiger charge is 2.00. The van der Waals surface area contributed by atoms with Crippen molar-refractivity contribution >= 4 is 0 Å². The van der Waals surface area contributed by atoms with E-state index in [-0.39, 0.29) is 0 Å². The lowest BCUT2D eigenvalue weighted by molar-refractivity contribution is -2.00. The van der Waals surface area contributed by atoms with E-state index in [4.69, 9.17) is 18.6 Å². The number of aryl methyl sites for hydroxylation is 2. The van der Waals surface area contributed by atoms with Crippen molar-refractivity contribution in [3.05, 3.63) is 29.6 Å². The largest absolute Gasteiger partial charge is 0.222 e. The number of aromatic nitrogens is 1. The lowest BCUT2D eigenvalue weighted by Gasteiger charge is -2.17. The molecular formula is C8H12ClNO4. The summed E-state index contributed by atoms with van der Waals surface area (Å²) in [5, 5.41) is 0. The first-order chi connectivity index (χ1) is 6.22. The van der Waals surface area contributed by atoms with E-state index in [9.17, 15) is 0 Å². The first-order valence-corrected chi connectivity index (χ1v) is 4.99. The van der Waals surface area contributed by atoms with Crippen molar-refractivity contribution in [2.75, 3.05) is 0 Å². The van der Waals surface area contributed by atoms with Gasteiger partial charge in [0, 0.05) is 26.0 Å². The van der Waals surface area contributed by atoms with Crippen molar-refractivity contribution in [1.29, 1.82) is 0 Å². The van der Waals surface area contributed by atoms with E-state index >= 15 is 0 Å². The Labute approximate surface area is 84.6 Å². The second-order valence-corrected chi connectivity index (χ2v) is 3.50. The van der Waals surface area contributed by atoms with Gasteiger partial charge in [0.05, 0.1) is 0 Å². The molecule has 1 heterocycles. The maximum atomic E-state index is 8.49. The Hall–Kier alpha value is -0.720. The number of hydrogen-bond acceptors (Lipinski definition) is 4. The van der Waals surface area contributed by atoms with Crippen LogP contribution >= 0.6 is 0 Å². The van der Waals surface area contributed by atoms with Crippen LogP contribution in [0.2, 0.25) is 0 Å². The lowest BCUT2D eigenvalue weighted by atomic mass is 10.3. The van der Waals surface area contributed by atoms with E-state index in [0.29, 0.717) is 0 Å². The van der Waals surface area contributed by atoms with E-state index < -0.39 is 10.2 Å². The molecule has 0 amide bonds. The molecule has 0 saturated heterocycles. The molecule has 0 spiro atoms. The lowest BCUT2D eigenvalue weighted by Crippen LogP contribution is -2.68. The van der Waals surface area contributed by atoms with Gasteiger partial charge in [0.2, 0.25) is 0 Å². The molecule has 0 radical (unpaired) electrons. The Morgan fingerprint density at radius 2 is 1.29 bits per heavy atom. The van der Waals surface area contributed by atoms with Crippen molar-refractivity contribution in [2.24, 2.45) is 7.05 Å². The van der Waals surface area contributed by atoms with Crippen molar-refractivity contribution < 1.29 is 33.4 Å². The first-order valence-electron chi connectivity index (χ1n) is 3.76. The van der Waals surface area contributed by atoms with Gasteiger partial charge >= 0.3 is 0 Å². The zero-order valence-corrected chi connectivity index (χ0v) is 8.95. The summed E-state index contributed by atoms with van der Waals surface area (Å²) < 4.78 is 36.1. The Morgan fingerprint density at radius 3 is 1.50 bits per heavy atom. The van der Waals surface area contributed by atoms with Gasteiger partial charge in [0.15, 0.2) is 11.4 Å². The summed E-state index contributed by atoms with van der Waals surface area (Å²) in [6, 6.07) is 6.28. The number of halogens is 1. The minimum Gasteiger partial charge on any atom is -0.222 e. The summed E-state index contributed by atoms with van der Waals surface area (Å²) in [6.45, 7) is 4.21. The Kier molecular flexibility index (Phi) is 4.96. The Morgan fingerprint density at radius 1 is 1.00 bits per heavy atom. The van der Waals surface area contributed by atoms with Gasteiger partial charge in [-0.3, -0.25) is 0 Å². The summed E-state index contributed by atoms with van der Waals surface area (Å²) in [4.78, 5) is 0. The monoisotopic (exact) mass is 221 g/mol. The van der Waals surface area contributed by atoms with Crippen LogP contribution in [-0.4, -0.2) is 0 Å². The maximum absolute atomic E-state index is 8.49. The van der Waals surface area contributed by atoms with Gasteiger partial charge in [-0.05, 0) is 6.07 Å². The average Bonchev–Trinajstić information content (AvgIpc) is 1.97. The second-order valence-electron chi connectivity index (χ2n) is 2.75. The molecule has 0 aliphatic rings. The molecule has 1 aromatic rings. The van der Waals surface area contributed by atoms with E-state index in [2.05, 4.69) is 43.7 Å². The average molecular weight is 222 g/mol. The molecule has 1 rings (SSSR count). The minimum absolute atomic E-state index is 1.30. The summed E-state index contributed by atoms with van der Waals surface area (Å²) in [5.74, 6) is 0. The summed E-state index contributed by atoms with van der Waals surface area (Å²) in [5.41, 5.74) is 2.60. The summed E-state index contributed by atoms with van der Waals surface area (Å²) in [7, 11) is -2.87. The molecule has 0 fully saturated rings. The molecule has 80 valence electrons. The van der Waals surface area contributed by atoms with Gasteiger partial charge in [-0.2, -0.15) is 0 Å². The van der Waals surface area contributed by atoms with Crippen molar-refractivity contribution in [3.63, 3.8) is 0 Å². The van der Waals surface area contributed by atoms with Crippen molar-refractivity contribution in [1.82, 2.24) is 0 Å². The molecular weight excluding hydrogens is 210 g/mol. The molecule has 5 nitrogen and oxygen atoms in total. The van der Waals surface area contributed by atoms with E-state index in [1.165, 1.54) is 11.4 Å². The third-order valence-corrected chi connectivity index (χ3v) is 1.73. The maximum Gasteiger partial charge on any atom is 0.178 e. The molecule has 6 heteroatoms. The highest BCUT2D eigenvalue weighted by Crippen LogP contribution is 1.90. The van der Waals surface area contributed by atoms with Gasteiger partial charge in [-0.25, -0.2) is 23.2 Å². The summed E-state index contributed by atoms with van der Waals surface area (Å²) >= 11 is 0. The zero-order valence-electron chi connectivity index (χ0n) is 8.19. The standard InChI is InChI=1S/C8H12N.ClHO4/c1-7-5-4-6-8(2)9(7)3;2-1(3,4)5/h4-6H,1-3H3;(H,2,3,4,5)/q+1;/p-1. The Balaban J connectivity index is 0.000000292. The smallest absolute Gasteiger partial charge is 0.178 e. The molecule has 14 heavy (non-hydrogen) atoms. The van der Waals surface area contributed by atoms with Crippen LogP contribution in [0.1, 0.15) is 11.4 Å². The van der Waals surface area contributed by atoms with Gasteiger partial charge in [-0.1, -0.05) is 0 Å². The van der Waals surface area contributed by atoms with E-state index in [0.717, 1.165) is 0 Å². The van der Waals surface area contributed by atoms with Crippen LogP contribution in [0, 0.1) is 24.1 Å². The molecule has 0 aliphatic carbocycles. The Bertz CT molecular complexity index is 272. The topological polar surface area (TPSA) is 96.1 Å². The number of pyridine rings is 1. The highest BCUT2D eigenvalue weighted by molar-refractivity contribution is 5.00. The van der Waals surface area contributed by atoms with Crippen LogP contribution in [0.3, 0.4) is 0 Å². The van der Waals surface area contributed by atoms with Crippen LogP contribution in [0.4, 0.5) is 0 Å². The highest BCUT2D eigenvalue weighted by atomic mass is 35.7. The molecule has 0 aliphatic heterocycles. The first kappa shape index (κ1) is 13.3. The van der Waals surface area contributed by atoms with Crippen LogP contribution in [0.5, 0.6) is 0 Å². The third kappa shape index (κ3) is 6.76. The SMILES string of the molecule is Cc1cccc(C)[n+]1C.[O-][Cl+3]([O-])([O-])[O-]. The van der Waals surface area contributed by atoms with Crippen molar-refractivity contribution in [2.45, 2.75) is 13.8 Å². The van der Waals surface area contributed by atoms with E-state index in [1.54, 1.807) is 0 Å². The third-order valence-electron chi connectivity index (χ3n) is 1.73. The molecule has 0 saturated carbocycles. The molecule has 0 aromatic carbocycles. The van der Waals surface area contributed by atoms with E-state index in [1.807, 2.05) is 0 Å².